The van der Waals surface area contributed by atoms with Gasteiger partial charge in [0.1, 0.15) is 0 Å². The van der Waals surface area contributed by atoms with Crippen LogP contribution in [0.4, 0.5) is 0 Å². The molecule has 72 valence electrons. The number of hydrogen-bond acceptors (Lipinski definition) is 3. The minimum atomic E-state index is 0.500. The quantitative estimate of drug-likeness (QED) is 0.663. The number of nitrogens with one attached hydrogen (secondary N) is 1. The third-order valence-electron chi connectivity index (χ3n) is 2.26. The zero-order valence-electron chi connectivity index (χ0n) is 8.50. The second-order valence-corrected chi connectivity index (χ2v) is 4.00. The van der Waals surface area contributed by atoms with Gasteiger partial charge >= 0.3 is 0 Å². The summed E-state index contributed by atoms with van der Waals surface area (Å²) >= 11 is 0. The van der Waals surface area contributed by atoms with Crippen LogP contribution in [0, 0.1) is 0 Å². The lowest BCUT2D eigenvalue weighted by Gasteiger charge is -2.26. The van der Waals surface area contributed by atoms with Gasteiger partial charge in [-0.05, 0) is 14.1 Å². The molecule has 0 aromatic rings. The molecule has 0 aromatic heterocycles. The number of ether oxygens (including phenoxy) is 1. The van der Waals surface area contributed by atoms with Crippen molar-refractivity contribution in [3.63, 3.8) is 0 Å². The minimum Gasteiger partial charge on any atom is -0.378 e. The fourth-order valence-corrected chi connectivity index (χ4v) is 1.64. The predicted octanol–water partition coefficient (Wildman–Crippen LogP) is 0.313. The molecule has 0 aromatic carbocycles. The van der Waals surface area contributed by atoms with E-state index in [-0.39, 0.29) is 0 Å². The van der Waals surface area contributed by atoms with E-state index in [1.807, 2.05) is 0 Å². The van der Waals surface area contributed by atoms with Crippen molar-refractivity contribution in [1.29, 1.82) is 0 Å². The number of nitrogens with zero attached hydrogens (tertiary/aromatic N) is 1. The monoisotopic (exact) mass is 172 g/mol. The van der Waals surface area contributed by atoms with Gasteiger partial charge in [-0.3, -0.25) is 0 Å². The molecule has 1 aliphatic rings. The van der Waals surface area contributed by atoms with Gasteiger partial charge in [0.25, 0.3) is 0 Å². The van der Waals surface area contributed by atoms with Gasteiger partial charge in [0.15, 0.2) is 0 Å². The fraction of sp³-hybridized carbons (Fsp3) is 1.00. The molecular formula is C9H20N2O. The molecule has 12 heavy (non-hydrogen) atoms. The molecule has 0 bridgehead atoms. The molecular weight excluding hydrogens is 152 g/mol. The zero-order valence-corrected chi connectivity index (χ0v) is 8.50. The molecule has 1 saturated heterocycles. The summed E-state index contributed by atoms with van der Waals surface area (Å²) in [6.07, 6.45) is 0. The first kappa shape index (κ1) is 9.96. The molecule has 0 aliphatic carbocycles. The Kier molecular flexibility index (Phi) is 3.50. The molecule has 1 N–H and O–H groups in total. The second kappa shape index (κ2) is 4.21. The molecule has 1 aliphatic heterocycles. The Morgan fingerprint density at radius 1 is 1.33 bits per heavy atom. The normalized spacial score (nSPS) is 30.5. The summed E-state index contributed by atoms with van der Waals surface area (Å²) < 4.78 is 5.43. The van der Waals surface area contributed by atoms with Crippen LogP contribution in [-0.4, -0.2) is 50.3 Å². The molecule has 3 heteroatoms. The highest BCUT2D eigenvalue weighted by atomic mass is 16.5. The highest BCUT2D eigenvalue weighted by molar-refractivity contribution is 4.87. The standard InChI is InChI=1S/C9H20N2O/c1-7(2)10-8-5-12-6-9(8)11(3)4/h7-10H,5-6H2,1-4H3. The minimum absolute atomic E-state index is 0.500. The molecule has 0 amide bonds. The van der Waals surface area contributed by atoms with Crippen LogP contribution in [-0.2, 0) is 4.74 Å². The van der Waals surface area contributed by atoms with Crippen LogP contribution in [0.5, 0.6) is 0 Å². The smallest absolute Gasteiger partial charge is 0.0638 e. The third kappa shape index (κ3) is 2.44. The van der Waals surface area contributed by atoms with Crippen LogP contribution in [0.15, 0.2) is 0 Å². The lowest BCUT2D eigenvalue weighted by atomic mass is 10.1. The third-order valence-corrected chi connectivity index (χ3v) is 2.26. The first-order valence-corrected chi connectivity index (χ1v) is 4.61. The van der Waals surface area contributed by atoms with E-state index in [1.165, 1.54) is 0 Å². The van der Waals surface area contributed by atoms with Crippen molar-refractivity contribution < 1.29 is 4.74 Å². The van der Waals surface area contributed by atoms with Crippen molar-refractivity contribution in [1.82, 2.24) is 10.2 Å². The zero-order chi connectivity index (χ0) is 9.14. The van der Waals surface area contributed by atoms with E-state index >= 15 is 0 Å². The highest BCUT2D eigenvalue weighted by Crippen LogP contribution is 2.10. The SMILES string of the molecule is CC(C)NC1COCC1N(C)C. The number of rotatable bonds is 3. The van der Waals surface area contributed by atoms with Gasteiger partial charge in [-0.25, -0.2) is 0 Å². The molecule has 1 fully saturated rings. The van der Waals surface area contributed by atoms with Gasteiger partial charge in [0.2, 0.25) is 0 Å². The maximum absolute atomic E-state index is 5.43. The lowest BCUT2D eigenvalue weighted by molar-refractivity contribution is 0.169. The van der Waals surface area contributed by atoms with Gasteiger partial charge in [-0.2, -0.15) is 0 Å². The van der Waals surface area contributed by atoms with Crippen LogP contribution >= 0.6 is 0 Å². The van der Waals surface area contributed by atoms with E-state index in [4.69, 9.17) is 4.74 Å². The first-order chi connectivity index (χ1) is 5.61. The fourth-order valence-electron chi connectivity index (χ4n) is 1.64. The van der Waals surface area contributed by atoms with E-state index in [2.05, 4.69) is 38.2 Å². The Morgan fingerprint density at radius 3 is 2.50 bits per heavy atom. The summed E-state index contributed by atoms with van der Waals surface area (Å²) in [5, 5.41) is 3.51. The molecule has 1 rings (SSSR count). The summed E-state index contributed by atoms with van der Waals surface area (Å²) in [6, 6.07) is 1.58. The van der Waals surface area contributed by atoms with Crippen molar-refractivity contribution in [2.75, 3.05) is 27.3 Å². The molecule has 0 spiro atoms. The summed E-state index contributed by atoms with van der Waals surface area (Å²) in [7, 11) is 4.21. The van der Waals surface area contributed by atoms with Crippen molar-refractivity contribution >= 4 is 0 Å². The Balaban J connectivity index is 2.41. The van der Waals surface area contributed by atoms with Crippen molar-refractivity contribution in [2.24, 2.45) is 0 Å². The Labute approximate surface area is 75.1 Å². The summed E-state index contributed by atoms with van der Waals surface area (Å²) in [4.78, 5) is 2.23. The molecule has 2 unspecified atom stereocenters. The van der Waals surface area contributed by atoms with E-state index in [9.17, 15) is 0 Å². The maximum atomic E-state index is 5.43. The number of hydrogen-bond donors (Lipinski definition) is 1. The first-order valence-electron chi connectivity index (χ1n) is 4.61. The second-order valence-electron chi connectivity index (χ2n) is 4.00. The lowest BCUT2D eigenvalue weighted by Crippen LogP contribution is -2.48. The molecule has 2 atom stereocenters. The van der Waals surface area contributed by atoms with Crippen LogP contribution in [0.2, 0.25) is 0 Å². The molecule has 0 radical (unpaired) electrons. The van der Waals surface area contributed by atoms with E-state index in [0.717, 1.165) is 13.2 Å². The molecule has 1 heterocycles. The van der Waals surface area contributed by atoms with Crippen LogP contribution < -0.4 is 5.32 Å². The average molecular weight is 172 g/mol. The Bertz CT molecular complexity index is 136. The maximum Gasteiger partial charge on any atom is 0.0638 e. The molecule has 3 nitrogen and oxygen atoms in total. The summed E-state index contributed by atoms with van der Waals surface area (Å²) in [5.74, 6) is 0. The van der Waals surface area contributed by atoms with Crippen molar-refractivity contribution in [2.45, 2.75) is 32.0 Å². The highest BCUT2D eigenvalue weighted by Gasteiger charge is 2.29. The van der Waals surface area contributed by atoms with Gasteiger partial charge < -0.3 is 15.0 Å². The summed E-state index contributed by atoms with van der Waals surface area (Å²) in [6.45, 7) is 6.05. The van der Waals surface area contributed by atoms with Crippen molar-refractivity contribution in [3.8, 4) is 0 Å². The molecule has 0 saturated carbocycles. The average Bonchev–Trinajstić information content (AvgIpc) is 2.33. The van der Waals surface area contributed by atoms with Crippen LogP contribution in [0.1, 0.15) is 13.8 Å². The van der Waals surface area contributed by atoms with E-state index in [0.29, 0.717) is 18.1 Å². The van der Waals surface area contributed by atoms with Gasteiger partial charge in [0, 0.05) is 12.1 Å². The van der Waals surface area contributed by atoms with E-state index in [1.54, 1.807) is 0 Å². The largest absolute Gasteiger partial charge is 0.378 e. The summed E-state index contributed by atoms with van der Waals surface area (Å²) in [5.41, 5.74) is 0. The van der Waals surface area contributed by atoms with Crippen molar-refractivity contribution in [3.05, 3.63) is 0 Å². The van der Waals surface area contributed by atoms with Crippen LogP contribution in [0.3, 0.4) is 0 Å². The van der Waals surface area contributed by atoms with Crippen LogP contribution in [0.25, 0.3) is 0 Å². The van der Waals surface area contributed by atoms with Gasteiger partial charge in [-0.15, -0.1) is 0 Å². The van der Waals surface area contributed by atoms with Gasteiger partial charge in [0.05, 0.1) is 19.3 Å². The Morgan fingerprint density at radius 2 is 2.00 bits per heavy atom. The van der Waals surface area contributed by atoms with E-state index < -0.39 is 0 Å². The van der Waals surface area contributed by atoms with Gasteiger partial charge in [-0.1, -0.05) is 13.8 Å². The predicted molar refractivity (Wildman–Crippen MR) is 50.4 cm³/mol. The number of likely N-dealkylation sites (N-methyl/N-ethyl adjacent to an activating group) is 1. The Hall–Kier alpha value is -0.120. The topological polar surface area (TPSA) is 24.5 Å².